The summed E-state index contributed by atoms with van der Waals surface area (Å²) in [6.07, 6.45) is 8.05. The van der Waals surface area contributed by atoms with E-state index < -0.39 is 0 Å². The van der Waals surface area contributed by atoms with E-state index in [4.69, 9.17) is 0 Å². The van der Waals surface area contributed by atoms with E-state index in [1.165, 1.54) is 24.6 Å². The summed E-state index contributed by atoms with van der Waals surface area (Å²) in [6, 6.07) is 0. The van der Waals surface area contributed by atoms with Crippen LogP contribution in [0.3, 0.4) is 0 Å². The van der Waals surface area contributed by atoms with Crippen LogP contribution in [0.15, 0.2) is 24.3 Å². The lowest BCUT2D eigenvalue weighted by Gasteiger charge is -2.04. The van der Waals surface area contributed by atoms with Crippen LogP contribution in [0.4, 0.5) is 0 Å². The summed E-state index contributed by atoms with van der Waals surface area (Å²) in [5.41, 5.74) is 1.54. The molecular weight excluding hydrogens is 174 g/mol. The van der Waals surface area contributed by atoms with Gasteiger partial charge in [0.05, 0.1) is 0 Å². The first kappa shape index (κ1) is 13.0. The molecule has 13 heavy (non-hydrogen) atoms. The third-order valence-corrected chi connectivity index (χ3v) is 3.27. The van der Waals surface area contributed by atoms with Crippen LogP contribution in [0.25, 0.3) is 0 Å². The van der Waals surface area contributed by atoms with Crippen molar-refractivity contribution in [3.63, 3.8) is 0 Å². The maximum Gasteiger partial charge on any atom is 0.150 e. The Labute approximate surface area is 85.9 Å². The third kappa shape index (κ3) is 8.31. The van der Waals surface area contributed by atoms with Gasteiger partial charge in [-0.1, -0.05) is 31.6 Å². The van der Waals surface area contributed by atoms with Crippen molar-refractivity contribution in [2.45, 2.75) is 39.4 Å². The maximum atomic E-state index is 3.77. The van der Waals surface area contributed by atoms with E-state index in [1.807, 2.05) is 6.08 Å². The van der Waals surface area contributed by atoms with Crippen molar-refractivity contribution in [3.05, 3.63) is 24.3 Å². The van der Waals surface area contributed by atoms with Gasteiger partial charge in [-0.25, -0.2) is 0 Å². The lowest BCUT2D eigenvalue weighted by molar-refractivity contribution is 1.07. The summed E-state index contributed by atoms with van der Waals surface area (Å²) < 4.78 is 0. The second-order valence-electron chi connectivity index (χ2n) is 3.42. The fraction of sp³-hybridized carbons (Fsp3) is 0.636. The van der Waals surface area contributed by atoms with Gasteiger partial charge in [0.2, 0.25) is 0 Å². The summed E-state index contributed by atoms with van der Waals surface area (Å²) in [5.74, 6) is 0.578. The van der Waals surface area contributed by atoms with Crippen LogP contribution < -0.4 is 0 Å². The SMILES string of the molecule is C=C[C@H](C)[B]PCC/C(C)=C/CC. The molecule has 0 aliphatic heterocycles. The molecule has 0 aliphatic rings. The van der Waals surface area contributed by atoms with Gasteiger partial charge in [-0.05, 0) is 31.7 Å². The molecule has 0 aliphatic carbocycles. The molecule has 2 atom stereocenters. The average Bonchev–Trinajstić information content (AvgIpc) is 2.12. The van der Waals surface area contributed by atoms with E-state index in [1.54, 1.807) is 0 Å². The molecule has 0 nitrogen and oxygen atoms in total. The van der Waals surface area contributed by atoms with Gasteiger partial charge in [-0.3, -0.25) is 0 Å². The van der Waals surface area contributed by atoms with Crippen LogP contribution in [0.1, 0.15) is 33.6 Å². The van der Waals surface area contributed by atoms with E-state index in [-0.39, 0.29) is 0 Å². The Morgan fingerprint density at radius 1 is 1.62 bits per heavy atom. The fourth-order valence-electron chi connectivity index (χ4n) is 1.06. The molecule has 73 valence electrons. The molecule has 0 bridgehead atoms. The second kappa shape index (κ2) is 8.57. The summed E-state index contributed by atoms with van der Waals surface area (Å²) >= 11 is 0. The normalized spacial score (nSPS) is 14.8. The van der Waals surface area contributed by atoms with Gasteiger partial charge in [0.15, 0.2) is 0 Å². The van der Waals surface area contributed by atoms with Crippen LogP contribution in [-0.4, -0.2) is 13.2 Å². The Morgan fingerprint density at radius 3 is 2.85 bits per heavy atom. The molecule has 0 N–H and O–H groups in total. The molecule has 0 fully saturated rings. The van der Waals surface area contributed by atoms with Crippen LogP contribution >= 0.6 is 8.46 Å². The quantitative estimate of drug-likeness (QED) is 0.249. The Morgan fingerprint density at radius 2 is 2.31 bits per heavy atom. The van der Waals surface area contributed by atoms with Crippen LogP contribution in [0.2, 0.25) is 5.82 Å². The van der Waals surface area contributed by atoms with Crippen molar-refractivity contribution in [1.82, 2.24) is 0 Å². The summed E-state index contributed by atoms with van der Waals surface area (Å²) in [6.45, 7) is 12.7. The smallest absolute Gasteiger partial charge is 0.150 e. The molecule has 0 heterocycles. The zero-order chi connectivity index (χ0) is 10.1. The van der Waals surface area contributed by atoms with Gasteiger partial charge < -0.3 is 0 Å². The van der Waals surface area contributed by atoms with E-state index in [0.29, 0.717) is 5.82 Å². The van der Waals surface area contributed by atoms with Crippen LogP contribution in [0.5, 0.6) is 0 Å². The topological polar surface area (TPSA) is 0 Å². The van der Waals surface area contributed by atoms with Gasteiger partial charge >= 0.3 is 0 Å². The standard InChI is InChI=1S/C11H21BP/c1-5-7-10(3)8-9-13-12-11(4)6-2/h6-7,11,13H,2,5,8-9H2,1,3-4H3/b10-7+/t11-/m0/s1. The summed E-state index contributed by atoms with van der Waals surface area (Å²) in [7, 11) is 0.980. The van der Waals surface area contributed by atoms with Gasteiger partial charge in [0, 0.05) is 0 Å². The van der Waals surface area contributed by atoms with Crippen molar-refractivity contribution < 1.29 is 0 Å². The summed E-state index contributed by atoms with van der Waals surface area (Å²) in [5, 5.41) is 0. The van der Waals surface area contributed by atoms with Crippen molar-refractivity contribution in [2.24, 2.45) is 0 Å². The Balaban J connectivity index is 3.35. The highest BCUT2D eigenvalue weighted by atomic mass is 31.1. The highest BCUT2D eigenvalue weighted by molar-refractivity contribution is 7.71. The van der Waals surface area contributed by atoms with Crippen molar-refractivity contribution in [3.8, 4) is 0 Å². The zero-order valence-electron chi connectivity index (χ0n) is 9.14. The minimum absolute atomic E-state index is 0.578. The van der Waals surface area contributed by atoms with Crippen molar-refractivity contribution in [2.75, 3.05) is 6.16 Å². The molecular formula is C11H21BP. The first-order valence-corrected chi connectivity index (χ1v) is 6.34. The van der Waals surface area contributed by atoms with Crippen LogP contribution in [0, 0.1) is 0 Å². The van der Waals surface area contributed by atoms with Gasteiger partial charge in [-0.15, -0.1) is 6.58 Å². The van der Waals surface area contributed by atoms with E-state index in [9.17, 15) is 0 Å². The first-order valence-electron chi connectivity index (χ1n) is 5.05. The average molecular weight is 195 g/mol. The predicted molar refractivity (Wildman–Crippen MR) is 67.2 cm³/mol. The molecule has 0 aromatic heterocycles. The lowest BCUT2D eigenvalue weighted by Crippen LogP contribution is -1.91. The highest BCUT2D eigenvalue weighted by Crippen LogP contribution is 2.19. The molecule has 1 unspecified atom stereocenters. The molecule has 0 aromatic rings. The molecule has 2 heteroatoms. The number of hydrogen-bond donors (Lipinski definition) is 0. The molecule has 0 saturated carbocycles. The fourth-order valence-corrected chi connectivity index (χ4v) is 2.27. The molecule has 0 rings (SSSR count). The minimum Gasteiger partial charge on any atom is -0.162 e. The Hall–Kier alpha value is -0.0251. The monoisotopic (exact) mass is 195 g/mol. The number of allylic oxidation sites excluding steroid dienone is 3. The molecule has 0 spiro atoms. The maximum absolute atomic E-state index is 3.77. The van der Waals surface area contributed by atoms with Crippen molar-refractivity contribution >= 4 is 15.5 Å². The third-order valence-electron chi connectivity index (χ3n) is 1.97. The van der Waals surface area contributed by atoms with E-state index in [0.717, 1.165) is 8.46 Å². The molecule has 0 aromatic carbocycles. The largest absolute Gasteiger partial charge is 0.162 e. The van der Waals surface area contributed by atoms with E-state index >= 15 is 0 Å². The minimum atomic E-state index is 0.578. The molecule has 1 radical (unpaired) electrons. The van der Waals surface area contributed by atoms with Gasteiger partial charge in [0.1, 0.15) is 7.00 Å². The molecule has 0 amide bonds. The highest BCUT2D eigenvalue weighted by Gasteiger charge is 1.98. The lowest BCUT2D eigenvalue weighted by atomic mass is 9.88. The zero-order valence-corrected chi connectivity index (χ0v) is 10.1. The Kier molecular flexibility index (Phi) is 8.55. The van der Waals surface area contributed by atoms with E-state index in [2.05, 4.69) is 40.4 Å². The summed E-state index contributed by atoms with van der Waals surface area (Å²) in [4.78, 5) is 0. The second-order valence-corrected chi connectivity index (χ2v) is 4.67. The van der Waals surface area contributed by atoms with Gasteiger partial charge in [-0.2, -0.15) is 8.46 Å². The predicted octanol–water partition coefficient (Wildman–Crippen LogP) is 4.02. The van der Waals surface area contributed by atoms with Crippen LogP contribution in [-0.2, 0) is 0 Å². The number of rotatable bonds is 7. The Bertz CT molecular complexity index is 163. The first-order chi connectivity index (χ1) is 6.20. The van der Waals surface area contributed by atoms with Crippen molar-refractivity contribution in [1.29, 1.82) is 0 Å². The van der Waals surface area contributed by atoms with Gasteiger partial charge in [0.25, 0.3) is 0 Å². The number of hydrogen-bond acceptors (Lipinski definition) is 0. The molecule has 0 saturated heterocycles.